The number of amides is 1. The number of alkyl halides is 3. The zero-order chi connectivity index (χ0) is 34.6. The molecule has 46 heavy (non-hydrogen) atoms. The van der Waals surface area contributed by atoms with Crippen molar-refractivity contribution in [2.75, 3.05) is 13.2 Å². The minimum atomic E-state index is -4.33. The second kappa shape index (κ2) is 25.9. The Bertz CT molecular complexity index is 1190. The van der Waals surface area contributed by atoms with Gasteiger partial charge < -0.3 is 19.6 Å². The Balaban J connectivity index is 0.000000737. The summed E-state index contributed by atoms with van der Waals surface area (Å²) < 4.78 is 47.9. The molecule has 1 unspecified atom stereocenters. The molecule has 0 aromatic heterocycles. The summed E-state index contributed by atoms with van der Waals surface area (Å²) in [5.74, 6) is 0.315. The number of hydrogen-bond donors (Lipinski definition) is 1. The Morgan fingerprint density at radius 2 is 1.78 bits per heavy atom. The third kappa shape index (κ3) is 21.4. The lowest BCUT2D eigenvalue weighted by molar-refractivity contribution is -0.763. The first-order valence-electron chi connectivity index (χ1n) is 15.3. The highest BCUT2D eigenvalue weighted by Gasteiger charge is 2.30. The average molecular weight is 653 g/mol. The molecule has 0 aliphatic rings. The summed E-state index contributed by atoms with van der Waals surface area (Å²) in [4.78, 5) is 35.5. The zero-order valence-corrected chi connectivity index (χ0v) is 27.1. The average Bonchev–Trinajstić information content (AvgIpc) is 3.03. The van der Waals surface area contributed by atoms with Crippen LogP contribution in [0, 0.1) is 16.0 Å². The number of unbranched alkanes of at least 4 members (excludes halogenated alkanes) is 2. The Morgan fingerprint density at radius 1 is 1.04 bits per heavy atom. The fourth-order valence-corrected chi connectivity index (χ4v) is 3.72. The van der Waals surface area contributed by atoms with Crippen LogP contribution in [0.2, 0.25) is 0 Å². The summed E-state index contributed by atoms with van der Waals surface area (Å²) in [6, 6.07) is 11.2. The molecule has 0 heterocycles. The predicted molar refractivity (Wildman–Crippen MR) is 172 cm³/mol. The number of ether oxygens (including phenoxy) is 2. The molecule has 1 amide bonds. The Kier molecular flexibility index (Phi) is 23.5. The molecule has 2 aromatic carbocycles. The number of carbonyl (C=O) groups is 2. The number of carbonyl (C=O) groups excluding carboxylic acids is 2. The molecule has 256 valence electrons. The minimum Gasteiger partial charge on any atom is -0.493 e. The summed E-state index contributed by atoms with van der Waals surface area (Å²) in [5.41, 5.74) is -0.321. The van der Waals surface area contributed by atoms with Gasteiger partial charge in [0.25, 0.3) is 5.09 Å². The normalized spacial score (nSPS) is 11.5. The van der Waals surface area contributed by atoms with E-state index in [9.17, 15) is 32.9 Å². The van der Waals surface area contributed by atoms with E-state index in [1.165, 1.54) is 43.9 Å². The molecule has 9 nitrogen and oxygen atoms in total. The van der Waals surface area contributed by atoms with Crippen LogP contribution in [0.15, 0.2) is 72.8 Å². The van der Waals surface area contributed by atoms with Gasteiger partial charge in [-0.25, -0.2) is 4.79 Å². The van der Waals surface area contributed by atoms with Crippen LogP contribution in [0.3, 0.4) is 0 Å². The maximum absolute atomic E-state index is 12.5. The van der Waals surface area contributed by atoms with Crippen molar-refractivity contribution < 1.29 is 42.2 Å². The van der Waals surface area contributed by atoms with Crippen molar-refractivity contribution in [3.63, 3.8) is 0 Å². The van der Waals surface area contributed by atoms with Crippen LogP contribution in [0.5, 0.6) is 11.5 Å². The quantitative estimate of drug-likeness (QED) is 0.0326. The predicted octanol–water partition coefficient (Wildman–Crippen LogP) is 8.66. The molecule has 0 fully saturated rings. The summed E-state index contributed by atoms with van der Waals surface area (Å²) >= 11 is 0. The van der Waals surface area contributed by atoms with Gasteiger partial charge in [0, 0.05) is 5.56 Å². The van der Waals surface area contributed by atoms with Gasteiger partial charge in [-0.05, 0) is 62.8 Å². The molecule has 0 aliphatic carbocycles. The number of allylic oxidation sites excluding steroid dienone is 3. The number of hydrogen-bond acceptors (Lipinski definition) is 7. The topological polar surface area (TPSA) is 117 Å². The van der Waals surface area contributed by atoms with Crippen molar-refractivity contribution >= 4 is 12.4 Å². The van der Waals surface area contributed by atoms with Gasteiger partial charge in [-0.15, -0.1) is 10.1 Å². The smallest absolute Gasteiger partial charge is 0.416 e. The standard InChI is InChI=1S/C17H23F3O.C10H10N2O6.C7H14/c1-3-8-14(4-2)9-5-6-12-21-16-11-7-10-15(13-16)17(18,19)20;13-7-11-5-10(14)18-9-4-2-1-3-8(9)6-17-12(15)16;1-3-5-7-6-4-2/h5,7,9-11,13-14H,3-4,6,8,12H2,1-2H3;1-4,7H,5-6H2,(H,11,13);3,5H,4,6-7H2,1-2H3/b9-5+;;5-3-. The highest BCUT2D eigenvalue weighted by Crippen LogP contribution is 2.31. The van der Waals surface area contributed by atoms with Crippen LogP contribution in [0.1, 0.15) is 83.8 Å². The van der Waals surface area contributed by atoms with E-state index in [2.05, 4.69) is 62.2 Å². The van der Waals surface area contributed by atoms with E-state index >= 15 is 0 Å². The third-order valence-electron chi connectivity index (χ3n) is 6.12. The van der Waals surface area contributed by atoms with E-state index in [1.54, 1.807) is 18.2 Å². The van der Waals surface area contributed by atoms with Crippen LogP contribution >= 0.6 is 0 Å². The van der Waals surface area contributed by atoms with Gasteiger partial charge in [-0.2, -0.15) is 13.2 Å². The monoisotopic (exact) mass is 652 g/mol. The maximum Gasteiger partial charge on any atom is 0.416 e. The maximum atomic E-state index is 12.5. The van der Waals surface area contributed by atoms with Gasteiger partial charge in [0.15, 0.2) is 0 Å². The second-order valence-corrected chi connectivity index (χ2v) is 9.84. The lowest BCUT2D eigenvalue weighted by Gasteiger charge is -2.10. The number of nitrogens with zero attached hydrogens (tertiary/aromatic N) is 1. The number of benzene rings is 2. The van der Waals surface area contributed by atoms with Crippen LogP contribution in [-0.2, 0) is 27.2 Å². The van der Waals surface area contributed by atoms with Gasteiger partial charge in [0.05, 0.1) is 12.2 Å². The largest absolute Gasteiger partial charge is 0.493 e. The molecule has 2 aromatic rings. The first-order chi connectivity index (χ1) is 22.0. The number of esters is 1. The second-order valence-electron chi connectivity index (χ2n) is 9.84. The fraction of sp³-hybridized carbons (Fsp3) is 0.471. The molecular weight excluding hydrogens is 605 g/mol. The van der Waals surface area contributed by atoms with E-state index in [0.29, 0.717) is 30.9 Å². The van der Waals surface area contributed by atoms with E-state index in [1.807, 2.05) is 0 Å². The van der Waals surface area contributed by atoms with Gasteiger partial charge in [-0.1, -0.05) is 88.6 Å². The number of para-hydroxylation sites is 1. The molecule has 0 bridgehead atoms. The van der Waals surface area contributed by atoms with Crippen LogP contribution in [0.4, 0.5) is 13.2 Å². The first kappa shape index (κ1) is 41.7. The summed E-state index contributed by atoms with van der Waals surface area (Å²) in [5, 5.41) is 11.3. The third-order valence-corrected chi connectivity index (χ3v) is 6.12. The zero-order valence-electron chi connectivity index (χ0n) is 27.1. The number of nitrogens with one attached hydrogen (secondary N) is 1. The van der Waals surface area contributed by atoms with Crippen LogP contribution < -0.4 is 14.8 Å². The van der Waals surface area contributed by atoms with Crippen LogP contribution in [0.25, 0.3) is 0 Å². The lowest BCUT2D eigenvalue weighted by Crippen LogP contribution is -2.25. The van der Waals surface area contributed by atoms with Gasteiger partial charge >= 0.3 is 12.1 Å². The molecule has 0 saturated heterocycles. The molecule has 12 heteroatoms. The minimum absolute atomic E-state index is 0.150. The van der Waals surface area contributed by atoms with Gasteiger partial charge in [-0.3, -0.25) is 4.79 Å². The number of rotatable bonds is 18. The Labute approximate surface area is 269 Å². The SMILES string of the molecule is C/C=C\CCCC.CCCC(/C=C/CCOc1cccc(C(F)(F)F)c1)CC.O=CNCC(=O)Oc1ccccc1CO[N+](=O)[O-]. The van der Waals surface area contributed by atoms with Gasteiger partial charge in [0.1, 0.15) is 24.7 Å². The summed E-state index contributed by atoms with van der Waals surface area (Å²) in [6.07, 6.45) is 12.6. The molecule has 0 saturated carbocycles. The lowest BCUT2D eigenvalue weighted by atomic mass is 10.0. The van der Waals surface area contributed by atoms with Crippen molar-refractivity contribution in [3.8, 4) is 11.5 Å². The summed E-state index contributed by atoms with van der Waals surface area (Å²) in [6.45, 7) is 8.38. The molecular formula is C34H47F3N2O7. The number of halogens is 3. The van der Waals surface area contributed by atoms with Crippen molar-refractivity contribution in [3.05, 3.63) is 94.1 Å². The summed E-state index contributed by atoms with van der Waals surface area (Å²) in [7, 11) is 0. The molecule has 0 radical (unpaired) electrons. The van der Waals surface area contributed by atoms with E-state index in [0.717, 1.165) is 25.0 Å². The molecule has 1 atom stereocenters. The molecule has 1 N–H and O–H groups in total. The highest BCUT2D eigenvalue weighted by molar-refractivity contribution is 5.76. The Morgan fingerprint density at radius 3 is 2.39 bits per heavy atom. The molecule has 0 spiro atoms. The highest BCUT2D eigenvalue weighted by atomic mass is 19.4. The van der Waals surface area contributed by atoms with E-state index in [4.69, 9.17) is 9.47 Å². The van der Waals surface area contributed by atoms with Crippen LogP contribution in [-0.4, -0.2) is 30.6 Å². The van der Waals surface area contributed by atoms with Crippen molar-refractivity contribution in [1.29, 1.82) is 0 Å². The molecule has 0 aliphatic heterocycles. The van der Waals surface area contributed by atoms with Gasteiger partial charge in [0.2, 0.25) is 6.41 Å². The van der Waals surface area contributed by atoms with E-state index < -0.39 is 22.8 Å². The van der Waals surface area contributed by atoms with E-state index in [-0.39, 0.29) is 24.7 Å². The van der Waals surface area contributed by atoms with Crippen molar-refractivity contribution in [1.82, 2.24) is 5.32 Å². The Hall–Kier alpha value is -4.35. The van der Waals surface area contributed by atoms with Crippen molar-refractivity contribution in [2.45, 2.75) is 85.4 Å². The molecule has 2 rings (SSSR count). The van der Waals surface area contributed by atoms with Crippen molar-refractivity contribution in [2.24, 2.45) is 5.92 Å². The fourth-order valence-electron chi connectivity index (χ4n) is 3.72. The first-order valence-corrected chi connectivity index (χ1v) is 15.3.